The first kappa shape index (κ1) is 31.2. The second-order valence-corrected chi connectivity index (χ2v) is 12.0. The number of rotatable bonds is 9. The van der Waals surface area contributed by atoms with Gasteiger partial charge in [-0.05, 0) is 62.6 Å². The number of ether oxygens (including phenoxy) is 1. The molecule has 0 fully saturated rings. The monoisotopic (exact) mass is 604 g/mol. The molecule has 2 N–H and O–H groups in total. The highest BCUT2D eigenvalue weighted by Crippen LogP contribution is 2.32. The molecule has 0 unspecified atom stereocenters. The summed E-state index contributed by atoms with van der Waals surface area (Å²) >= 11 is 0. The Labute approximate surface area is 263 Å². The molecule has 0 spiro atoms. The zero-order chi connectivity index (χ0) is 32.0. The van der Waals surface area contributed by atoms with Gasteiger partial charge in [0.1, 0.15) is 5.82 Å². The Morgan fingerprint density at radius 1 is 0.844 bits per heavy atom. The van der Waals surface area contributed by atoms with Crippen LogP contribution in [0.1, 0.15) is 49.1 Å². The predicted molar refractivity (Wildman–Crippen MR) is 174 cm³/mol. The molecule has 5 aromatic rings. The lowest BCUT2D eigenvalue weighted by Crippen LogP contribution is -2.46. The average Bonchev–Trinajstić information content (AvgIpc) is 3.36. The Bertz CT molecular complexity index is 1710. The fraction of sp³-hybridized carbons (Fsp3) is 0.216. The summed E-state index contributed by atoms with van der Waals surface area (Å²) < 4.78 is 23.3. The molecule has 2 amide bonds. The third-order valence-electron chi connectivity index (χ3n) is 7.39. The van der Waals surface area contributed by atoms with Crippen LogP contribution in [0.4, 0.5) is 14.9 Å². The summed E-state index contributed by atoms with van der Waals surface area (Å²) in [5.74, 6) is -1.73. The van der Waals surface area contributed by atoms with Gasteiger partial charge in [0.05, 0.1) is 18.7 Å². The Morgan fingerprint density at radius 2 is 1.42 bits per heavy atom. The largest absolute Gasteiger partial charge is 0.435 e. The first-order valence-corrected chi connectivity index (χ1v) is 14.8. The average molecular weight is 605 g/mol. The molecule has 230 valence electrons. The maximum Gasteiger partial charge on any atom is 0.408 e. The molecule has 0 saturated heterocycles. The fourth-order valence-corrected chi connectivity index (χ4v) is 5.24. The number of aromatic nitrogens is 2. The quantitative estimate of drug-likeness (QED) is 0.181. The normalized spacial score (nSPS) is 12.0. The molecule has 0 aliphatic heterocycles. The summed E-state index contributed by atoms with van der Waals surface area (Å²) in [5, 5.41) is 10.0. The Kier molecular flexibility index (Phi) is 9.42. The van der Waals surface area contributed by atoms with E-state index in [1.54, 1.807) is 18.3 Å². The van der Waals surface area contributed by atoms with E-state index in [2.05, 4.69) is 15.7 Å². The van der Waals surface area contributed by atoms with Crippen LogP contribution in [-0.4, -0.2) is 33.4 Å². The number of hydrogen-bond acceptors (Lipinski definition) is 4. The Balaban J connectivity index is 1.43. The van der Waals surface area contributed by atoms with Gasteiger partial charge < -0.3 is 15.4 Å². The lowest BCUT2D eigenvalue weighted by molar-refractivity contribution is -0.125. The molecule has 0 aliphatic carbocycles. The van der Waals surface area contributed by atoms with Crippen LogP contribution in [0.3, 0.4) is 0 Å². The number of alkyl carbamates (subject to hydrolysis) is 1. The fourth-order valence-electron chi connectivity index (χ4n) is 5.24. The van der Waals surface area contributed by atoms with E-state index < -0.39 is 35.4 Å². The van der Waals surface area contributed by atoms with Crippen molar-refractivity contribution in [3.05, 3.63) is 144 Å². The SMILES string of the molecule is Cc1c(-c2ccc(NC(=O)[C@@H](OC(=O)NC(C)(C)C)C(c3ccccc3)c3ccccc3)cc2F)cnn1Cc1ccccc1. The number of anilines is 1. The number of nitrogens with one attached hydrogen (secondary N) is 2. The van der Waals surface area contributed by atoms with Gasteiger partial charge in [-0.25, -0.2) is 9.18 Å². The van der Waals surface area contributed by atoms with Crippen LogP contribution in [0.2, 0.25) is 0 Å². The molecule has 0 bridgehead atoms. The molecule has 8 heteroatoms. The van der Waals surface area contributed by atoms with Crippen molar-refractivity contribution in [3.63, 3.8) is 0 Å². The smallest absolute Gasteiger partial charge is 0.408 e. The van der Waals surface area contributed by atoms with Gasteiger partial charge in [-0.15, -0.1) is 0 Å². The molecule has 1 aromatic heterocycles. The van der Waals surface area contributed by atoms with E-state index in [0.717, 1.165) is 22.4 Å². The van der Waals surface area contributed by atoms with Crippen molar-refractivity contribution in [2.24, 2.45) is 0 Å². The molecule has 0 radical (unpaired) electrons. The van der Waals surface area contributed by atoms with E-state index in [-0.39, 0.29) is 5.69 Å². The zero-order valence-corrected chi connectivity index (χ0v) is 25.8. The van der Waals surface area contributed by atoms with Crippen molar-refractivity contribution in [2.45, 2.75) is 51.8 Å². The number of nitrogens with zero attached hydrogens (tertiary/aromatic N) is 2. The maximum atomic E-state index is 15.6. The molecule has 4 aromatic carbocycles. The van der Waals surface area contributed by atoms with Crippen LogP contribution in [0, 0.1) is 12.7 Å². The van der Waals surface area contributed by atoms with Crippen molar-refractivity contribution in [2.75, 3.05) is 5.32 Å². The van der Waals surface area contributed by atoms with Crippen LogP contribution >= 0.6 is 0 Å². The number of carbonyl (C=O) groups excluding carboxylic acids is 2. The number of amides is 2. The van der Waals surface area contributed by atoms with Gasteiger partial charge in [0.15, 0.2) is 6.10 Å². The standard InChI is InChI=1S/C37H37FN4O3/c1-25-31(23-39-42(25)24-26-14-8-5-9-15-26)30-21-20-29(22-32(30)38)40-35(43)34(45-36(44)41-37(2,3)4)33(27-16-10-6-11-17-27)28-18-12-7-13-19-28/h5-23,33-34H,24H2,1-4H3,(H,40,43)(H,41,44)/t34-/m0/s1. The maximum absolute atomic E-state index is 15.6. The third kappa shape index (κ3) is 7.84. The summed E-state index contributed by atoms with van der Waals surface area (Å²) in [6, 6.07) is 33.2. The first-order chi connectivity index (χ1) is 21.6. The minimum Gasteiger partial charge on any atom is -0.435 e. The molecule has 0 aliphatic rings. The van der Waals surface area contributed by atoms with Gasteiger partial charge in [-0.1, -0.05) is 91.0 Å². The van der Waals surface area contributed by atoms with Crippen molar-refractivity contribution in [3.8, 4) is 11.1 Å². The van der Waals surface area contributed by atoms with Gasteiger partial charge in [0, 0.05) is 28.0 Å². The van der Waals surface area contributed by atoms with Gasteiger partial charge >= 0.3 is 6.09 Å². The van der Waals surface area contributed by atoms with Crippen molar-refractivity contribution in [1.29, 1.82) is 0 Å². The van der Waals surface area contributed by atoms with E-state index in [9.17, 15) is 9.59 Å². The first-order valence-electron chi connectivity index (χ1n) is 14.8. The van der Waals surface area contributed by atoms with E-state index in [0.29, 0.717) is 17.7 Å². The summed E-state index contributed by atoms with van der Waals surface area (Å²) in [4.78, 5) is 27.0. The van der Waals surface area contributed by atoms with E-state index >= 15 is 4.39 Å². The second-order valence-electron chi connectivity index (χ2n) is 12.0. The van der Waals surface area contributed by atoms with Crippen LogP contribution < -0.4 is 10.6 Å². The molecule has 1 heterocycles. The minimum atomic E-state index is -1.27. The molecule has 45 heavy (non-hydrogen) atoms. The lowest BCUT2D eigenvalue weighted by atomic mass is 9.86. The number of halogens is 1. The highest BCUT2D eigenvalue weighted by atomic mass is 19.1. The molecule has 5 rings (SSSR count). The van der Waals surface area contributed by atoms with Crippen LogP contribution in [0.15, 0.2) is 115 Å². The van der Waals surface area contributed by atoms with Crippen molar-refractivity contribution < 1.29 is 18.7 Å². The van der Waals surface area contributed by atoms with Crippen molar-refractivity contribution >= 4 is 17.7 Å². The summed E-state index contributed by atoms with van der Waals surface area (Å²) in [6.45, 7) is 7.95. The van der Waals surface area contributed by atoms with Gasteiger partial charge in [-0.3, -0.25) is 9.48 Å². The summed E-state index contributed by atoms with van der Waals surface area (Å²) in [5.41, 5.74) is 4.17. The zero-order valence-electron chi connectivity index (χ0n) is 25.8. The molecule has 1 atom stereocenters. The Hall–Kier alpha value is -5.24. The molecule has 0 saturated carbocycles. The van der Waals surface area contributed by atoms with Crippen LogP contribution in [-0.2, 0) is 16.1 Å². The molecule has 7 nitrogen and oxygen atoms in total. The van der Waals surface area contributed by atoms with Gasteiger partial charge in [0.2, 0.25) is 0 Å². The molecular weight excluding hydrogens is 567 g/mol. The topological polar surface area (TPSA) is 85.2 Å². The number of carbonyl (C=O) groups is 2. The van der Waals surface area contributed by atoms with Gasteiger partial charge in [0.25, 0.3) is 5.91 Å². The third-order valence-corrected chi connectivity index (χ3v) is 7.39. The van der Waals surface area contributed by atoms with E-state index in [1.807, 2.05) is 123 Å². The van der Waals surface area contributed by atoms with E-state index in [4.69, 9.17) is 4.74 Å². The Morgan fingerprint density at radius 3 is 1.98 bits per heavy atom. The van der Waals surface area contributed by atoms with Crippen LogP contribution in [0.5, 0.6) is 0 Å². The predicted octanol–water partition coefficient (Wildman–Crippen LogP) is 7.71. The minimum absolute atomic E-state index is 0.236. The lowest BCUT2D eigenvalue weighted by Gasteiger charge is -2.29. The highest BCUT2D eigenvalue weighted by Gasteiger charge is 2.35. The summed E-state index contributed by atoms with van der Waals surface area (Å²) in [7, 11) is 0. The van der Waals surface area contributed by atoms with E-state index in [1.165, 1.54) is 6.07 Å². The molecular formula is C37H37FN4O3. The van der Waals surface area contributed by atoms with Gasteiger partial charge in [-0.2, -0.15) is 5.10 Å². The highest BCUT2D eigenvalue weighted by molar-refractivity contribution is 5.96. The van der Waals surface area contributed by atoms with Crippen molar-refractivity contribution in [1.82, 2.24) is 15.1 Å². The van der Waals surface area contributed by atoms with Crippen LogP contribution in [0.25, 0.3) is 11.1 Å². The second kappa shape index (κ2) is 13.6. The number of hydrogen-bond donors (Lipinski definition) is 2. The summed E-state index contributed by atoms with van der Waals surface area (Å²) in [6.07, 6.45) is -0.348. The number of benzene rings is 4.